The first-order valence-corrected chi connectivity index (χ1v) is 12.8. The van der Waals surface area contributed by atoms with Crippen molar-refractivity contribution in [3.63, 3.8) is 0 Å². The Labute approximate surface area is 197 Å². The zero-order valence-electron chi connectivity index (χ0n) is 20.5. The molecule has 0 saturated heterocycles. The van der Waals surface area contributed by atoms with Gasteiger partial charge in [0.15, 0.2) is 0 Å². The van der Waals surface area contributed by atoms with Gasteiger partial charge in [-0.3, -0.25) is 9.59 Å². The number of carbonyl (C=O) groups excluding carboxylic acids is 2. The number of fused-ring (bicyclic) bond motifs is 1. The third-order valence-electron chi connectivity index (χ3n) is 6.37. The Morgan fingerprint density at radius 3 is 2.44 bits per heavy atom. The maximum Gasteiger partial charge on any atom is 0.243 e. The maximum absolute atomic E-state index is 13.6. The number of amides is 2. The Kier molecular flexibility index (Phi) is 7.81. The number of benzene rings is 1. The van der Waals surface area contributed by atoms with Gasteiger partial charge in [-0.1, -0.05) is 58.4 Å². The quantitative estimate of drug-likeness (QED) is 0.519. The topological polar surface area (TPSA) is 40.6 Å². The number of carbonyl (C=O) groups is 2. The van der Waals surface area contributed by atoms with Gasteiger partial charge in [-0.05, 0) is 60.2 Å². The molecule has 4 nitrogen and oxygen atoms in total. The van der Waals surface area contributed by atoms with Crippen molar-refractivity contribution in [3.05, 3.63) is 57.3 Å². The fraction of sp³-hybridized carbons (Fsp3) is 0.556. The van der Waals surface area contributed by atoms with Crippen molar-refractivity contribution < 1.29 is 9.59 Å². The van der Waals surface area contributed by atoms with Gasteiger partial charge in [-0.15, -0.1) is 11.3 Å². The van der Waals surface area contributed by atoms with Gasteiger partial charge >= 0.3 is 0 Å². The van der Waals surface area contributed by atoms with Crippen LogP contribution in [-0.4, -0.2) is 40.7 Å². The summed E-state index contributed by atoms with van der Waals surface area (Å²) in [6.07, 6.45) is 3.22. The van der Waals surface area contributed by atoms with Crippen LogP contribution in [-0.2, 0) is 21.4 Å². The lowest BCUT2D eigenvalue weighted by molar-refractivity contribution is -0.143. The molecule has 2 aromatic rings. The van der Waals surface area contributed by atoms with Gasteiger partial charge in [0.05, 0.1) is 6.04 Å². The van der Waals surface area contributed by atoms with Gasteiger partial charge in [0.1, 0.15) is 6.54 Å². The van der Waals surface area contributed by atoms with Gasteiger partial charge < -0.3 is 9.80 Å². The summed E-state index contributed by atoms with van der Waals surface area (Å²) in [7, 11) is 0. The predicted molar refractivity (Wildman–Crippen MR) is 133 cm³/mol. The van der Waals surface area contributed by atoms with Crippen LogP contribution in [0.1, 0.15) is 88.4 Å². The predicted octanol–water partition coefficient (Wildman–Crippen LogP) is 5.95. The van der Waals surface area contributed by atoms with Gasteiger partial charge in [0.2, 0.25) is 11.8 Å². The zero-order chi connectivity index (χ0) is 23.5. The number of unbranched alkanes of at least 4 members (excludes halogenated alkanes) is 1. The van der Waals surface area contributed by atoms with Crippen LogP contribution in [0.2, 0.25) is 0 Å². The fourth-order valence-corrected chi connectivity index (χ4v) is 5.28. The van der Waals surface area contributed by atoms with E-state index < -0.39 is 0 Å². The molecule has 0 spiro atoms. The van der Waals surface area contributed by atoms with E-state index in [-0.39, 0.29) is 35.9 Å². The molecule has 1 aromatic heterocycles. The summed E-state index contributed by atoms with van der Waals surface area (Å²) in [6.45, 7) is 13.5. The average Bonchev–Trinajstić information content (AvgIpc) is 3.23. The molecule has 2 amide bonds. The Hall–Kier alpha value is -2.14. The molecular formula is C27H38N2O2S. The maximum atomic E-state index is 13.6. The van der Waals surface area contributed by atoms with Crippen molar-refractivity contribution >= 4 is 23.2 Å². The SMILES string of the molecule is CCCCC(=O)N(CC(=O)N1CCc2sccc2C1c1ccc(C(C)(C)C)cc1)C(C)C. The molecule has 32 heavy (non-hydrogen) atoms. The second kappa shape index (κ2) is 10.2. The number of thiophene rings is 1. The van der Waals surface area contributed by atoms with Crippen LogP contribution < -0.4 is 0 Å². The van der Waals surface area contributed by atoms with Gasteiger partial charge in [-0.2, -0.15) is 0 Å². The lowest BCUT2D eigenvalue weighted by atomic mass is 9.85. The van der Waals surface area contributed by atoms with Crippen molar-refractivity contribution in [3.8, 4) is 0 Å². The molecule has 5 heteroatoms. The van der Waals surface area contributed by atoms with Crippen LogP contribution in [0.15, 0.2) is 35.7 Å². The third kappa shape index (κ3) is 5.43. The molecule has 2 heterocycles. The molecule has 1 aromatic carbocycles. The van der Waals surface area contributed by atoms with E-state index in [9.17, 15) is 9.59 Å². The molecule has 174 valence electrons. The standard InChI is InChI=1S/C27H38N2O2S/c1-7-8-9-24(30)29(19(2)3)18-25(31)28-16-14-23-22(15-17-32-23)26(28)20-10-12-21(13-11-20)27(4,5)6/h10-13,15,17,19,26H,7-9,14,16,18H2,1-6H3. The van der Waals surface area contributed by atoms with E-state index in [2.05, 4.69) is 63.4 Å². The van der Waals surface area contributed by atoms with Crippen LogP contribution in [0.5, 0.6) is 0 Å². The monoisotopic (exact) mass is 454 g/mol. The highest BCUT2D eigenvalue weighted by Crippen LogP contribution is 2.38. The van der Waals surface area contributed by atoms with E-state index >= 15 is 0 Å². The van der Waals surface area contributed by atoms with Gasteiger partial charge in [0.25, 0.3) is 0 Å². The summed E-state index contributed by atoms with van der Waals surface area (Å²) >= 11 is 1.78. The second-order valence-corrected chi connectivity index (χ2v) is 11.1. The molecule has 0 N–H and O–H groups in total. The van der Waals surface area contributed by atoms with Crippen LogP contribution in [0.25, 0.3) is 0 Å². The minimum absolute atomic E-state index is 0.00863. The van der Waals surface area contributed by atoms with Gasteiger partial charge in [0, 0.05) is 23.9 Å². The first-order chi connectivity index (χ1) is 15.1. The summed E-state index contributed by atoms with van der Waals surface area (Å²) in [6, 6.07) is 10.8. The van der Waals surface area contributed by atoms with Crippen molar-refractivity contribution in [2.75, 3.05) is 13.1 Å². The van der Waals surface area contributed by atoms with Crippen LogP contribution in [0, 0.1) is 0 Å². The smallest absolute Gasteiger partial charge is 0.243 e. The Morgan fingerprint density at radius 1 is 1.16 bits per heavy atom. The van der Waals surface area contributed by atoms with E-state index in [1.165, 1.54) is 16.0 Å². The van der Waals surface area contributed by atoms with Gasteiger partial charge in [-0.25, -0.2) is 0 Å². The summed E-state index contributed by atoms with van der Waals surface area (Å²) < 4.78 is 0. The summed E-state index contributed by atoms with van der Waals surface area (Å²) in [5.74, 6) is 0.111. The molecule has 0 saturated carbocycles. The third-order valence-corrected chi connectivity index (χ3v) is 7.37. The van der Waals surface area contributed by atoms with Crippen LogP contribution in [0.3, 0.4) is 0 Å². The molecule has 3 rings (SSSR count). The second-order valence-electron chi connectivity index (χ2n) is 10.1. The normalized spacial score (nSPS) is 16.2. The van der Waals surface area contributed by atoms with Crippen molar-refractivity contribution in [1.82, 2.24) is 9.80 Å². The molecule has 0 radical (unpaired) electrons. The van der Waals surface area contributed by atoms with Crippen molar-refractivity contribution in [2.45, 2.75) is 84.7 Å². The highest BCUT2D eigenvalue weighted by atomic mass is 32.1. The van der Waals surface area contributed by atoms with Crippen molar-refractivity contribution in [2.24, 2.45) is 0 Å². The minimum Gasteiger partial charge on any atom is -0.331 e. The van der Waals surface area contributed by atoms with Crippen LogP contribution >= 0.6 is 11.3 Å². The number of rotatable bonds is 7. The highest BCUT2D eigenvalue weighted by Gasteiger charge is 2.34. The molecular weight excluding hydrogens is 416 g/mol. The summed E-state index contributed by atoms with van der Waals surface area (Å²) in [5, 5.41) is 2.13. The lowest BCUT2D eigenvalue weighted by Crippen LogP contribution is -2.48. The lowest BCUT2D eigenvalue weighted by Gasteiger charge is -2.38. The van der Waals surface area contributed by atoms with E-state index in [1.54, 1.807) is 16.2 Å². The zero-order valence-corrected chi connectivity index (χ0v) is 21.3. The highest BCUT2D eigenvalue weighted by molar-refractivity contribution is 7.10. The van der Waals surface area contributed by atoms with E-state index in [0.717, 1.165) is 24.8 Å². The first-order valence-electron chi connectivity index (χ1n) is 11.9. The average molecular weight is 455 g/mol. The number of hydrogen-bond donors (Lipinski definition) is 0. The molecule has 1 unspecified atom stereocenters. The first kappa shape index (κ1) is 24.5. The largest absolute Gasteiger partial charge is 0.331 e. The number of hydrogen-bond acceptors (Lipinski definition) is 3. The Bertz CT molecular complexity index is 924. The fourth-order valence-electron chi connectivity index (χ4n) is 4.38. The Morgan fingerprint density at radius 2 is 1.84 bits per heavy atom. The molecule has 1 atom stereocenters. The number of nitrogens with zero attached hydrogens (tertiary/aromatic N) is 2. The van der Waals surface area contributed by atoms with E-state index in [0.29, 0.717) is 13.0 Å². The van der Waals surface area contributed by atoms with E-state index in [1.807, 2.05) is 18.7 Å². The molecule has 0 fully saturated rings. The Balaban J connectivity index is 1.88. The summed E-state index contributed by atoms with van der Waals surface area (Å²) in [4.78, 5) is 31.4. The summed E-state index contributed by atoms with van der Waals surface area (Å²) in [5.41, 5.74) is 3.74. The van der Waals surface area contributed by atoms with E-state index in [4.69, 9.17) is 0 Å². The minimum atomic E-state index is -0.0914. The molecule has 0 bridgehead atoms. The molecule has 1 aliphatic heterocycles. The molecule has 1 aliphatic rings. The van der Waals surface area contributed by atoms with Crippen molar-refractivity contribution in [1.29, 1.82) is 0 Å². The van der Waals surface area contributed by atoms with Crippen LogP contribution in [0.4, 0.5) is 0 Å². The molecule has 0 aliphatic carbocycles.